The van der Waals surface area contributed by atoms with Crippen LogP contribution in [-0.2, 0) is 6.54 Å². The van der Waals surface area contributed by atoms with E-state index in [4.69, 9.17) is 23.2 Å². The Morgan fingerprint density at radius 1 is 1.38 bits per heavy atom. The second-order valence-corrected chi connectivity index (χ2v) is 6.77. The number of aromatic nitrogens is 1. The van der Waals surface area contributed by atoms with Crippen LogP contribution in [0.15, 0.2) is 23.7 Å². The minimum Gasteiger partial charge on any atom is -0.388 e. The number of nitrogens with zero attached hydrogens (tertiary/aromatic N) is 2. The Balaban J connectivity index is 1.90. The summed E-state index contributed by atoms with van der Waals surface area (Å²) in [5, 5.41) is 11.2. The largest absolute Gasteiger partial charge is 0.388 e. The maximum Gasteiger partial charge on any atom is 0.0817 e. The molecule has 0 fully saturated rings. The average Bonchev–Trinajstić information content (AvgIpc) is 2.84. The first-order chi connectivity index (χ1) is 9.99. The van der Waals surface area contributed by atoms with E-state index in [1.807, 2.05) is 25.5 Å². The molecule has 21 heavy (non-hydrogen) atoms. The number of halogens is 2. The van der Waals surface area contributed by atoms with Crippen LogP contribution in [0.5, 0.6) is 0 Å². The highest BCUT2D eigenvalue weighted by Gasteiger charge is 2.15. The van der Waals surface area contributed by atoms with Crippen molar-refractivity contribution in [2.75, 3.05) is 13.6 Å². The van der Waals surface area contributed by atoms with E-state index in [0.717, 1.165) is 18.8 Å². The molecule has 114 valence electrons. The first kappa shape index (κ1) is 16.7. The molecule has 3 nitrogen and oxygen atoms in total. The molecule has 0 saturated heterocycles. The van der Waals surface area contributed by atoms with Crippen molar-refractivity contribution in [3.05, 3.63) is 49.9 Å². The molecule has 1 heterocycles. The summed E-state index contributed by atoms with van der Waals surface area (Å²) in [4.78, 5) is 7.67. The van der Waals surface area contributed by atoms with Crippen LogP contribution in [0.25, 0.3) is 0 Å². The van der Waals surface area contributed by atoms with E-state index < -0.39 is 6.10 Å². The number of hydrogen-bond acceptors (Lipinski definition) is 4. The van der Waals surface area contributed by atoms with Gasteiger partial charge in [-0.15, -0.1) is 11.3 Å². The summed E-state index contributed by atoms with van der Waals surface area (Å²) in [5.41, 5.74) is 3.62. The maximum absolute atomic E-state index is 10.3. The van der Waals surface area contributed by atoms with Crippen molar-refractivity contribution >= 4 is 34.5 Å². The molecule has 0 spiro atoms. The Labute approximate surface area is 139 Å². The van der Waals surface area contributed by atoms with Crippen LogP contribution in [0.1, 0.15) is 28.7 Å². The Kier molecular flexibility index (Phi) is 6.02. The van der Waals surface area contributed by atoms with Gasteiger partial charge in [0.1, 0.15) is 0 Å². The van der Waals surface area contributed by atoms with Gasteiger partial charge in [-0.2, -0.15) is 0 Å². The summed E-state index contributed by atoms with van der Waals surface area (Å²) in [7, 11) is 2.03. The fraction of sp³-hybridized carbons (Fsp3) is 0.400. The van der Waals surface area contributed by atoms with Crippen molar-refractivity contribution in [3.8, 4) is 0 Å². The zero-order valence-corrected chi connectivity index (χ0v) is 14.3. The molecular formula is C15H18Cl2N2OS. The van der Waals surface area contributed by atoms with Crippen LogP contribution >= 0.6 is 34.5 Å². The number of aliphatic hydroxyl groups is 1. The van der Waals surface area contributed by atoms with Gasteiger partial charge in [-0.05, 0) is 26.5 Å². The molecular weight excluding hydrogens is 327 g/mol. The number of aryl methyl sites for hydroxylation is 1. The summed E-state index contributed by atoms with van der Waals surface area (Å²) >= 11 is 13.8. The van der Waals surface area contributed by atoms with Crippen molar-refractivity contribution < 1.29 is 5.11 Å². The highest BCUT2D eigenvalue weighted by atomic mass is 35.5. The van der Waals surface area contributed by atoms with Crippen molar-refractivity contribution in [1.82, 2.24) is 9.88 Å². The van der Waals surface area contributed by atoms with Crippen molar-refractivity contribution in [2.24, 2.45) is 0 Å². The van der Waals surface area contributed by atoms with Crippen molar-refractivity contribution in [3.63, 3.8) is 0 Å². The molecule has 0 aliphatic rings. The number of rotatable bonds is 6. The number of thiazole rings is 1. The van der Waals surface area contributed by atoms with Crippen LogP contribution in [0.3, 0.4) is 0 Å². The average molecular weight is 345 g/mol. The zero-order chi connectivity index (χ0) is 15.4. The lowest BCUT2D eigenvalue weighted by Gasteiger charge is -2.19. The zero-order valence-electron chi connectivity index (χ0n) is 12.0. The predicted molar refractivity (Wildman–Crippen MR) is 89.2 cm³/mol. The van der Waals surface area contributed by atoms with E-state index in [0.29, 0.717) is 22.0 Å². The molecule has 0 amide bonds. The molecule has 2 rings (SSSR count). The molecule has 0 aliphatic carbocycles. The lowest BCUT2D eigenvalue weighted by molar-refractivity contribution is 0.148. The minimum atomic E-state index is -0.610. The van der Waals surface area contributed by atoms with Gasteiger partial charge in [0.05, 0.1) is 27.4 Å². The summed E-state index contributed by atoms with van der Waals surface area (Å²) in [6.07, 6.45) is -0.00442. The number of aliphatic hydroxyl groups excluding tert-OH is 1. The van der Waals surface area contributed by atoms with E-state index in [1.165, 1.54) is 4.88 Å². The quantitative estimate of drug-likeness (QED) is 0.847. The Morgan fingerprint density at radius 2 is 2.14 bits per heavy atom. The number of benzene rings is 1. The Hall–Kier alpha value is -0.650. The van der Waals surface area contributed by atoms with Gasteiger partial charge < -0.3 is 10.0 Å². The monoisotopic (exact) mass is 344 g/mol. The molecule has 2 aromatic rings. The van der Waals surface area contributed by atoms with Crippen LogP contribution in [-0.4, -0.2) is 28.6 Å². The van der Waals surface area contributed by atoms with E-state index in [-0.39, 0.29) is 0 Å². The van der Waals surface area contributed by atoms with E-state index in [1.54, 1.807) is 23.5 Å². The molecule has 1 unspecified atom stereocenters. The first-order valence-electron chi connectivity index (χ1n) is 6.68. The molecule has 0 saturated carbocycles. The third-order valence-corrected chi connectivity index (χ3v) is 5.14. The first-order valence-corrected chi connectivity index (χ1v) is 8.32. The fourth-order valence-electron chi connectivity index (χ4n) is 2.08. The predicted octanol–water partition coefficient (Wildman–Crippen LogP) is 4.31. The van der Waals surface area contributed by atoms with Gasteiger partial charge in [0, 0.05) is 23.5 Å². The third kappa shape index (κ3) is 4.41. The maximum atomic E-state index is 10.3. The Bertz CT molecular complexity index is 603. The second kappa shape index (κ2) is 7.56. The van der Waals surface area contributed by atoms with Crippen LogP contribution in [0.2, 0.25) is 10.0 Å². The fourth-order valence-corrected chi connectivity index (χ4v) is 3.37. The molecule has 0 bridgehead atoms. The molecule has 0 radical (unpaired) electrons. The smallest absolute Gasteiger partial charge is 0.0817 e. The van der Waals surface area contributed by atoms with Gasteiger partial charge in [-0.3, -0.25) is 0 Å². The normalized spacial score (nSPS) is 12.9. The molecule has 1 aromatic heterocycles. The van der Waals surface area contributed by atoms with Gasteiger partial charge in [-0.25, -0.2) is 4.98 Å². The van der Waals surface area contributed by atoms with E-state index in [9.17, 15) is 5.11 Å². The number of hydrogen-bond donors (Lipinski definition) is 1. The minimum absolute atomic E-state index is 0.438. The molecule has 1 atom stereocenters. The SMILES string of the molecule is Cc1ncsc1CN(C)CCC(O)c1cccc(Cl)c1Cl. The van der Waals surface area contributed by atoms with Gasteiger partial charge in [0.15, 0.2) is 0 Å². The Morgan fingerprint density at radius 3 is 2.81 bits per heavy atom. The lowest BCUT2D eigenvalue weighted by Crippen LogP contribution is -2.21. The van der Waals surface area contributed by atoms with Gasteiger partial charge in [0.25, 0.3) is 0 Å². The lowest BCUT2D eigenvalue weighted by atomic mass is 10.1. The van der Waals surface area contributed by atoms with E-state index in [2.05, 4.69) is 9.88 Å². The van der Waals surface area contributed by atoms with Crippen LogP contribution in [0, 0.1) is 6.92 Å². The van der Waals surface area contributed by atoms with Crippen molar-refractivity contribution in [2.45, 2.75) is 26.0 Å². The summed E-state index contributed by atoms with van der Waals surface area (Å²) in [6, 6.07) is 5.34. The summed E-state index contributed by atoms with van der Waals surface area (Å²) in [6.45, 7) is 3.62. The molecule has 1 aromatic carbocycles. The van der Waals surface area contributed by atoms with Crippen LogP contribution < -0.4 is 0 Å². The second-order valence-electron chi connectivity index (χ2n) is 5.05. The topological polar surface area (TPSA) is 36.4 Å². The van der Waals surface area contributed by atoms with Gasteiger partial charge in [-0.1, -0.05) is 35.3 Å². The molecule has 1 N–H and O–H groups in total. The van der Waals surface area contributed by atoms with Gasteiger partial charge >= 0.3 is 0 Å². The summed E-state index contributed by atoms with van der Waals surface area (Å²) in [5.74, 6) is 0. The molecule has 6 heteroatoms. The molecule has 0 aliphatic heterocycles. The standard InChI is InChI=1S/C15H18Cl2N2OS/c1-10-14(21-9-18-10)8-19(2)7-6-13(20)11-4-3-5-12(16)15(11)17/h3-5,9,13,20H,6-8H2,1-2H3. The van der Waals surface area contributed by atoms with Crippen LogP contribution in [0.4, 0.5) is 0 Å². The highest BCUT2D eigenvalue weighted by molar-refractivity contribution is 7.09. The van der Waals surface area contributed by atoms with Gasteiger partial charge in [0.2, 0.25) is 0 Å². The third-order valence-electron chi connectivity index (χ3n) is 3.38. The highest BCUT2D eigenvalue weighted by Crippen LogP contribution is 2.31. The van der Waals surface area contributed by atoms with E-state index >= 15 is 0 Å². The van der Waals surface area contributed by atoms with Crippen molar-refractivity contribution in [1.29, 1.82) is 0 Å². The summed E-state index contributed by atoms with van der Waals surface area (Å²) < 4.78 is 0.